The van der Waals surface area contributed by atoms with E-state index in [1.165, 1.54) is 6.01 Å². The van der Waals surface area contributed by atoms with Crippen LogP contribution in [0.15, 0.2) is 5.16 Å². The molecule has 0 radical (unpaired) electrons. The van der Waals surface area contributed by atoms with Crippen LogP contribution in [0.2, 0.25) is 0 Å². The van der Waals surface area contributed by atoms with E-state index in [1.54, 1.807) is 0 Å². The average Bonchev–Trinajstić information content (AvgIpc) is 1.61. The van der Waals surface area contributed by atoms with Gasteiger partial charge in [-0.15, -0.1) is 0 Å². The van der Waals surface area contributed by atoms with Crippen molar-refractivity contribution >= 4 is 12.1 Å². The first-order valence-electron chi connectivity index (χ1n) is 1.35. The molecule has 38 valence electrons. The molecule has 5 nitrogen and oxygen atoms in total. The van der Waals surface area contributed by atoms with Gasteiger partial charge in [-0.2, -0.15) is 0 Å². The number of hydrogen-bond donors (Lipinski definition) is 2. The van der Waals surface area contributed by atoms with Gasteiger partial charge in [-0.3, -0.25) is 4.84 Å². The fraction of sp³-hybridized carbons (Fsp3) is 0. The van der Waals surface area contributed by atoms with Gasteiger partial charge in [0.05, 0.1) is 0 Å². The Balaban J connectivity index is 3.32. The average molecular weight is 101 g/mol. The highest BCUT2D eigenvalue weighted by Crippen LogP contribution is 1.66. The lowest BCUT2D eigenvalue weighted by Gasteiger charge is -1.79. The molecule has 0 heterocycles. The third kappa shape index (κ3) is 4.65. The van der Waals surface area contributed by atoms with Crippen LogP contribution < -0.4 is 5.73 Å². The Morgan fingerprint density at radius 3 is 2.71 bits per heavy atom. The zero-order valence-electron chi connectivity index (χ0n) is 3.34. The summed E-state index contributed by atoms with van der Waals surface area (Å²) in [5.41, 5.74) is 4.40. The van der Waals surface area contributed by atoms with E-state index in [-0.39, 0.29) is 0 Å². The second-order valence-corrected chi connectivity index (χ2v) is 0.613. The minimum absolute atomic E-state index is 1.04. The lowest BCUT2D eigenvalue weighted by Crippen LogP contribution is -2.08. The van der Waals surface area contributed by atoms with Gasteiger partial charge < -0.3 is 5.73 Å². The maximum atomic E-state index is 9.54. The summed E-state index contributed by atoms with van der Waals surface area (Å²) in [6, 6.07) is 1.45. The number of carbonyl (C=O) groups excluding carboxylic acids is 1. The molecule has 0 fully saturated rings. The number of nitrogens with two attached hydrogens (primary N) is 1. The summed E-state index contributed by atoms with van der Waals surface area (Å²) < 4.78 is 0. The zero-order valence-corrected chi connectivity index (χ0v) is 3.34. The standard InChI is InChI=1S/C2H3N3O2/c3-1-5-7-2(4)6/h3H,(H2,4,6). The molecule has 1 amide bonds. The first-order valence-corrected chi connectivity index (χ1v) is 1.35. The van der Waals surface area contributed by atoms with Gasteiger partial charge in [-0.25, -0.2) is 10.2 Å². The number of hydrogen-bond acceptors (Lipinski definition) is 4. The van der Waals surface area contributed by atoms with E-state index in [0.29, 0.717) is 0 Å². The van der Waals surface area contributed by atoms with Gasteiger partial charge in [0, 0.05) is 0 Å². The number of nitrogens with zero attached hydrogens (tertiary/aromatic N) is 1. The van der Waals surface area contributed by atoms with E-state index in [4.69, 9.17) is 5.41 Å². The molecule has 0 aliphatic carbocycles. The van der Waals surface area contributed by atoms with Crippen LogP contribution in [0.25, 0.3) is 0 Å². The molecule has 0 saturated carbocycles. The van der Waals surface area contributed by atoms with Crippen molar-refractivity contribution in [1.82, 2.24) is 0 Å². The van der Waals surface area contributed by atoms with Crippen molar-refractivity contribution in [2.24, 2.45) is 10.9 Å². The molecule has 0 aromatic heterocycles. The van der Waals surface area contributed by atoms with Crippen LogP contribution in [0, 0.1) is 5.41 Å². The minimum Gasteiger partial charge on any atom is -0.333 e. The number of primary amides is 1. The smallest absolute Gasteiger partial charge is 0.333 e. The summed E-state index contributed by atoms with van der Waals surface area (Å²) in [4.78, 5) is 13.2. The second-order valence-electron chi connectivity index (χ2n) is 0.613. The summed E-state index contributed by atoms with van der Waals surface area (Å²) in [5, 5.41) is 8.66. The molecule has 0 unspecified atom stereocenters. The van der Waals surface area contributed by atoms with Gasteiger partial charge in [-0.1, -0.05) is 0 Å². The highest BCUT2D eigenvalue weighted by atomic mass is 16.7. The Kier molecular flexibility index (Phi) is 2.31. The lowest BCUT2D eigenvalue weighted by molar-refractivity contribution is 0.162. The molecule has 0 spiro atoms. The number of rotatable bonds is 1. The predicted molar refractivity (Wildman–Crippen MR) is 20.8 cm³/mol. The SMILES string of the molecule is N=C=NOC(N)=O. The molecule has 0 bridgehead atoms. The summed E-state index contributed by atoms with van der Waals surface area (Å²) in [6.45, 7) is 0. The molecule has 5 heteroatoms. The Bertz CT molecular complexity index is 114. The topological polar surface area (TPSA) is 88.5 Å². The van der Waals surface area contributed by atoms with E-state index in [0.717, 1.165) is 0 Å². The van der Waals surface area contributed by atoms with Crippen molar-refractivity contribution in [2.45, 2.75) is 0 Å². The maximum absolute atomic E-state index is 9.54. The molecule has 0 aliphatic rings. The van der Waals surface area contributed by atoms with E-state index in [2.05, 4.69) is 15.7 Å². The number of amides is 1. The third-order valence-corrected chi connectivity index (χ3v) is 0.181. The first-order chi connectivity index (χ1) is 3.27. The summed E-state index contributed by atoms with van der Waals surface area (Å²) in [6.07, 6.45) is -1.04. The van der Waals surface area contributed by atoms with Gasteiger partial charge in [0.25, 0.3) is 0 Å². The fourth-order valence-corrected chi connectivity index (χ4v) is 0.0678. The van der Waals surface area contributed by atoms with Crippen LogP contribution in [0.5, 0.6) is 0 Å². The van der Waals surface area contributed by atoms with E-state index < -0.39 is 6.09 Å². The summed E-state index contributed by atoms with van der Waals surface area (Å²) in [5.74, 6) is 0. The van der Waals surface area contributed by atoms with Crippen molar-refractivity contribution in [3.8, 4) is 0 Å². The molecule has 0 aliphatic heterocycles. The van der Waals surface area contributed by atoms with Gasteiger partial charge in [0.1, 0.15) is 6.01 Å². The molecule has 7 heavy (non-hydrogen) atoms. The van der Waals surface area contributed by atoms with Gasteiger partial charge >= 0.3 is 6.09 Å². The molecule has 0 saturated heterocycles. The monoisotopic (exact) mass is 101 g/mol. The van der Waals surface area contributed by atoms with Crippen molar-refractivity contribution in [2.75, 3.05) is 0 Å². The largest absolute Gasteiger partial charge is 0.431 e. The molecule has 3 N–H and O–H groups in total. The first kappa shape index (κ1) is 5.65. The minimum atomic E-state index is -1.04. The number of carbonyl (C=O) groups is 1. The molecular weight excluding hydrogens is 98.0 g/mol. The molecular formula is C2H3N3O2. The molecule has 0 aromatic carbocycles. The van der Waals surface area contributed by atoms with E-state index in [1.807, 2.05) is 0 Å². The predicted octanol–water partition coefficient (Wildman–Crippen LogP) is -0.251. The molecule has 0 aromatic rings. The zero-order chi connectivity index (χ0) is 5.70. The normalized spacial score (nSPS) is 6.29. The van der Waals surface area contributed by atoms with Gasteiger partial charge in [0.2, 0.25) is 0 Å². The van der Waals surface area contributed by atoms with Crippen LogP contribution in [0.3, 0.4) is 0 Å². The summed E-state index contributed by atoms with van der Waals surface area (Å²) in [7, 11) is 0. The Labute approximate surface area is 39.3 Å². The summed E-state index contributed by atoms with van der Waals surface area (Å²) >= 11 is 0. The fourth-order valence-electron chi connectivity index (χ4n) is 0.0678. The number of nitrogens with one attached hydrogen (secondary N) is 1. The van der Waals surface area contributed by atoms with Crippen LogP contribution >= 0.6 is 0 Å². The quantitative estimate of drug-likeness (QED) is 0.271. The van der Waals surface area contributed by atoms with Crippen LogP contribution in [0.1, 0.15) is 0 Å². The highest BCUT2D eigenvalue weighted by Gasteiger charge is 1.83. The van der Waals surface area contributed by atoms with Crippen molar-refractivity contribution in [3.63, 3.8) is 0 Å². The Hall–Kier alpha value is -1.35. The highest BCUT2D eigenvalue weighted by molar-refractivity contribution is 5.64. The Morgan fingerprint density at radius 1 is 2.00 bits per heavy atom. The van der Waals surface area contributed by atoms with Crippen LogP contribution in [-0.2, 0) is 4.84 Å². The molecule has 0 rings (SSSR count). The second kappa shape index (κ2) is 2.87. The third-order valence-electron chi connectivity index (χ3n) is 0.181. The van der Waals surface area contributed by atoms with E-state index >= 15 is 0 Å². The molecule has 0 atom stereocenters. The van der Waals surface area contributed by atoms with Crippen LogP contribution in [0.4, 0.5) is 4.79 Å². The van der Waals surface area contributed by atoms with E-state index in [9.17, 15) is 4.79 Å². The van der Waals surface area contributed by atoms with Gasteiger partial charge in [-0.05, 0) is 5.16 Å². The maximum Gasteiger partial charge on any atom is 0.431 e. The Morgan fingerprint density at radius 2 is 2.57 bits per heavy atom. The van der Waals surface area contributed by atoms with Gasteiger partial charge in [0.15, 0.2) is 0 Å². The van der Waals surface area contributed by atoms with Crippen molar-refractivity contribution < 1.29 is 9.63 Å². The van der Waals surface area contributed by atoms with Crippen LogP contribution in [-0.4, -0.2) is 12.1 Å². The van der Waals surface area contributed by atoms with Crippen molar-refractivity contribution in [1.29, 1.82) is 5.41 Å². The van der Waals surface area contributed by atoms with Crippen molar-refractivity contribution in [3.05, 3.63) is 0 Å². The lowest BCUT2D eigenvalue weighted by atomic mass is 11.3.